The molecule has 0 atom stereocenters. The van der Waals surface area contributed by atoms with E-state index in [0.717, 1.165) is 25.3 Å². The summed E-state index contributed by atoms with van der Waals surface area (Å²) in [7, 11) is 0. The molecule has 17 heavy (non-hydrogen) atoms. The number of benzene rings is 1. The van der Waals surface area contributed by atoms with Gasteiger partial charge < -0.3 is 5.01 Å². The molecule has 5 heteroatoms. The van der Waals surface area contributed by atoms with Gasteiger partial charge in [0.05, 0.1) is 5.69 Å². The first-order valence-electron chi connectivity index (χ1n) is 5.59. The van der Waals surface area contributed by atoms with Crippen LogP contribution in [0.2, 0.25) is 0 Å². The second-order valence-electron chi connectivity index (χ2n) is 3.86. The molecule has 98 valence electrons. The van der Waals surface area contributed by atoms with E-state index in [-0.39, 0.29) is 30.6 Å². The van der Waals surface area contributed by atoms with Crippen molar-refractivity contribution >= 4 is 30.5 Å². The summed E-state index contributed by atoms with van der Waals surface area (Å²) in [5, 5.41) is 4.46. The van der Waals surface area contributed by atoms with Gasteiger partial charge in [-0.15, -0.1) is 24.8 Å². The van der Waals surface area contributed by atoms with Gasteiger partial charge in [0.25, 0.3) is 0 Å². The third kappa shape index (κ3) is 4.02. The molecule has 1 heterocycles. The highest BCUT2D eigenvalue weighted by Gasteiger charge is 2.18. The van der Waals surface area contributed by atoms with E-state index >= 15 is 0 Å². The summed E-state index contributed by atoms with van der Waals surface area (Å²) in [4.78, 5) is 0. The minimum absolute atomic E-state index is 0. The van der Waals surface area contributed by atoms with Crippen molar-refractivity contribution < 1.29 is 4.39 Å². The monoisotopic (exact) mass is 280 g/mol. The molecule has 0 aliphatic carbocycles. The van der Waals surface area contributed by atoms with Gasteiger partial charge in [0.15, 0.2) is 0 Å². The molecule has 2 rings (SSSR count). The fourth-order valence-electron chi connectivity index (χ4n) is 2.12. The Bertz CT molecular complexity index is 330. The Morgan fingerprint density at radius 1 is 1.24 bits per heavy atom. The van der Waals surface area contributed by atoms with Gasteiger partial charge in [0.1, 0.15) is 5.82 Å². The van der Waals surface area contributed by atoms with Gasteiger partial charge in [-0.25, -0.2) is 9.40 Å². The topological polar surface area (TPSA) is 6.48 Å². The summed E-state index contributed by atoms with van der Waals surface area (Å²) in [6, 6.07) is 6.82. The molecule has 1 saturated heterocycles. The molecule has 0 unspecified atom stereocenters. The molecule has 1 fully saturated rings. The van der Waals surface area contributed by atoms with Crippen LogP contribution in [0.3, 0.4) is 0 Å². The summed E-state index contributed by atoms with van der Waals surface area (Å²) < 4.78 is 13.1. The molecule has 1 aliphatic heterocycles. The van der Waals surface area contributed by atoms with Crippen LogP contribution < -0.4 is 5.01 Å². The summed E-state index contributed by atoms with van der Waals surface area (Å²) in [6.45, 7) is 5.17. The quantitative estimate of drug-likeness (QED) is 0.836. The molecule has 0 bridgehead atoms. The molecule has 0 N–H and O–H groups in total. The molecular weight excluding hydrogens is 262 g/mol. The summed E-state index contributed by atoms with van der Waals surface area (Å²) >= 11 is 0. The number of rotatable bonds is 3. The maximum Gasteiger partial charge on any atom is 0.125 e. The Labute approximate surface area is 115 Å². The lowest BCUT2D eigenvalue weighted by Gasteiger charge is -2.32. The standard InChI is InChI=1S/C12H17FN2.2ClH/c1-2-15(14-8-3-4-9-14)12-7-5-6-11(13)10-12;;/h5-7,10H,2-4,8-9H2,1H3;2*1H. The normalized spacial score (nSPS) is 14.9. The third-order valence-electron chi connectivity index (χ3n) is 2.83. The SMILES string of the molecule is CCN(c1cccc(F)c1)N1CCCC1.Cl.Cl. The molecule has 1 aromatic carbocycles. The number of hydrogen-bond acceptors (Lipinski definition) is 2. The van der Waals surface area contributed by atoms with Crippen LogP contribution in [0.5, 0.6) is 0 Å². The minimum Gasteiger partial charge on any atom is -0.306 e. The average Bonchev–Trinajstić information content (AvgIpc) is 2.72. The number of hydrogen-bond donors (Lipinski definition) is 0. The van der Waals surface area contributed by atoms with E-state index in [1.165, 1.54) is 18.9 Å². The van der Waals surface area contributed by atoms with E-state index in [9.17, 15) is 4.39 Å². The van der Waals surface area contributed by atoms with E-state index in [0.29, 0.717) is 0 Å². The Morgan fingerprint density at radius 2 is 1.88 bits per heavy atom. The third-order valence-corrected chi connectivity index (χ3v) is 2.83. The van der Waals surface area contributed by atoms with Gasteiger partial charge in [-0.1, -0.05) is 6.07 Å². The Morgan fingerprint density at radius 3 is 2.41 bits per heavy atom. The van der Waals surface area contributed by atoms with Crippen LogP contribution in [0.4, 0.5) is 10.1 Å². The lowest BCUT2D eigenvalue weighted by atomic mass is 10.3. The second kappa shape index (κ2) is 7.75. The molecule has 2 nitrogen and oxygen atoms in total. The highest BCUT2D eigenvalue weighted by Crippen LogP contribution is 2.20. The number of anilines is 1. The van der Waals surface area contributed by atoms with Crippen LogP contribution in [0.15, 0.2) is 24.3 Å². The van der Waals surface area contributed by atoms with Crippen LogP contribution in [0.25, 0.3) is 0 Å². The van der Waals surface area contributed by atoms with Crippen molar-refractivity contribution in [2.24, 2.45) is 0 Å². The van der Waals surface area contributed by atoms with E-state index in [1.807, 2.05) is 6.07 Å². The number of halogens is 3. The fourth-order valence-corrected chi connectivity index (χ4v) is 2.12. The van der Waals surface area contributed by atoms with Crippen molar-refractivity contribution in [3.63, 3.8) is 0 Å². The predicted octanol–water partition coefficient (Wildman–Crippen LogP) is 3.51. The van der Waals surface area contributed by atoms with Crippen molar-refractivity contribution in [2.45, 2.75) is 19.8 Å². The Kier molecular flexibility index (Phi) is 7.51. The van der Waals surface area contributed by atoms with Gasteiger partial charge in [-0.3, -0.25) is 0 Å². The zero-order chi connectivity index (χ0) is 10.7. The van der Waals surface area contributed by atoms with Crippen molar-refractivity contribution in [3.8, 4) is 0 Å². The molecule has 0 aromatic heterocycles. The first-order valence-corrected chi connectivity index (χ1v) is 5.59. The van der Waals surface area contributed by atoms with Crippen molar-refractivity contribution in [1.82, 2.24) is 5.01 Å². The number of nitrogens with zero attached hydrogens (tertiary/aromatic N) is 2. The lowest BCUT2D eigenvalue weighted by molar-refractivity contribution is 0.312. The summed E-state index contributed by atoms with van der Waals surface area (Å²) in [6.07, 6.45) is 2.48. The zero-order valence-corrected chi connectivity index (χ0v) is 11.6. The largest absolute Gasteiger partial charge is 0.306 e. The fraction of sp³-hybridized carbons (Fsp3) is 0.500. The smallest absolute Gasteiger partial charge is 0.125 e. The molecule has 0 saturated carbocycles. The number of hydrazine groups is 1. The Hall–Kier alpha value is -0.510. The van der Waals surface area contributed by atoms with Crippen LogP contribution in [-0.4, -0.2) is 24.6 Å². The van der Waals surface area contributed by atoms with Gasteiger partial charge >= 0.3 is 0 Å². The van der Waals surface area contributed by atoms with E-state index in [1.54, 1.807) is 12.1 Å². The lowest BCUT2D eigenvalue weighted by Crippen LogP contribution is -2.40. The highest BCUT2D eigenvalue weighted by molar-refractivity contribution is 5.85. The molecule has 1 aromatic rings. The summed E-state index contributed by atoms with van der Waals surface area (Å²) in [5.74, 6) is -0.162. The maximum absolute atomic E-state index is 13.1. The maximum atomic E-state index is 13.1. The summed E-state index contributed by atoms with van der Waals surface area (Å²) in [5.41, 5.74) is 0.958. The predicted molar refractivity (Wildman–Crippen MR) is 74.7 cm³/mol. The zero-order valence-electron chi connectivity index (χ0n) is 9.93. The molecule has 0 amide bonds. The van der Waals surface area contributed by atoms with Gasteiger partial charge in [-0.05, 0) is 38.0 Å². The van der Waals surface area contributed by atoms with E-state index in [4.69, 9.17) is 0 Å². The van der Waals surface area contributed by atoms with Crippen molar-refractivity contribution in [2.75, 3.05) is 24.6 Å². The van der Waals surface area contributed by atoms with Crippen LogP contribution in [0.1, 0.15) is 19.8 Å². The molecule has 0 spiro atoms. The van der Waals surface area contributed by atoms with Crippen LogP contribution in [-0.2, 0) is 0 Å². The van der Waals surface area contributed by atoms with Crippen molar-refractivity contribution in [1.29, 1.82) is 0 Å². The molecular formula is C12H19Cl2FN2. The van der Waals surface area contributed by atoms with E-state index in [2.05, 4.69) is 16.9 Å². The Balaban J connectivity index is 0.00000128. The van der Waals surface area contributed by atoms with Gasteiger partial charge in [0.2, 0.25) is 0 Å². The average molecular weight is 281 g/mol. The highest BCUT2D eigenvalue weighted by atomic mass is 35.5. The second-order valence-corrected chi connectivity index (χ2v) is 3.86. The molecule has 1 aliphatic rings. The van der Waals surface area contributed by atoms with Crippen LogP contribution in [0, 0.1) is 5.82 Å². The van der Waals surface area contributed by atoms with Gasteiger partial charge in [-0.2, -0.15) is 0 Å². The molecule has 0 radical (unpaired) electrons. The van der Waals surface area contributed by atoms with E-state index < -0.39 is 0 Å². The minimum atomic E-state index is -0.162. The first kappa shape index (κ1) is 16.5. The van der Waals surface area contributed by atoms with Gasteiger partial charge in [0, 0.05) is 19.6 Å². The van der Waals surface area contributed by atoms with Crippen molar-refractivity contribution in [3.05, 3.63) is 30.1 Å². The van der Waals surface area contributed by atoms with Crippen LogP contribution >= 0.6 is 24.8 Å². The first-order chi connectivity index (χ1) is 7.31.